The van der Waals surface area contributed by atoms with Gasteiger partial charge in [-0.1, -0.05) is 30.3 Å². The molecule has 6 nitrogen and oxygen atoms in total. The lowest BCUT2D eigenvalue weighted by Crippen LogP contribution is -2.37. The van der Waals surface area contributed by atoms with E-state index in [9.17, 15) is 4.79 Å². The molecule has 0 aliphatic carbocycles. The van der Waals surface area contributed by atoms with Gasteiger partial charge in [0.1, 0.15) is 4.88 Å². The van der Waals surface area contributed by atoms with Gasteiger partial charge in [0.25, 0.3) is 5.91 Å². The van der Waals surface area contributed by atoms with Crippen molar-refractivity contribution in [2.45, 2.75) is 18.8 Å². The number of piperidine rings is 1. The summed E-state index contributed by atoms with van der Waals surface area (Å²) in [6.45, 7) is 1.42. The third-order valence-electron chi connectivity index (χ3n) is 5.63. The molecule has 1 fully saturated rings. The summed E-state index contributed by atoms with van der Waals surface area (Å²) in [5.74, 6) is 1.02. The fraction of sp³-hybridized carbons (Fsp3) is 0.208. The molecule has 1 aromatic carbocycles. The van der Waals surface area contributed by atoms with E-state index in [4.69, 9.17) is 4.98 Å². The monoisotopic (exact) mass is 427 g/mol. The molecule has 1 amide bonds. The predicted molar refractivity (Wildman–Crippen MR) is 121 cm³/mol. The summed E-state index contributed by atoms with van der Waals surface area (Å²) in [5.41, 5.74) is 5.82. The largest absolute Gasteiger partial charge is 0.338 e. The topological polar surface area (TPSA) is 71.9 Å². The number of carbonyl (C=O) groups is 1. The summed E-state index contributed by atoms with van der Waals surface area (Å²) >= 11 is 1.39. The molecular formula is C24H21N5OS. The highest BCUT2D eigenvalue weighted by atomic mass is 32.1. The lowest BCUT2D eigenvalue weighted by Gasteiger charge is -2.32. The first-order valence-corrected chi connectivity index (χ1v) is 11.2. The second kappa shape index (κ2) is 8.73. The average molecular weight is 428 g/mol. The highest BCUT2D eigenvalue weighted by Gasteiger charge is 2.28. The zero-order valence-electron chi connectivity index (χ0n) is 16.9. The summed E-state index contributed by atoms with van der Waals surface area (Å²) in [6, 6.07) is 14.1. The van der Waals surface area contributed by atoms with Crippen LogP contribution in [-0.2, 0) is 0 Å². The summed E-state index contributed by atoms with van der Waals surface area (Å²) < 4.78 is 0. The van der Waals surface area contributed by atoms with Crippen LogP contribution in [-0.4, -0.2) is 43.8 Å². The zero-order valence-corrected chi connectivity index (χ0v) is 17.7. The van der Waals surface area contributed by atoms with Crippen LogP contribution < -0.4 is 0 Å². The number of thiazole rings is 1. The standard InChI is InChI=1S/C24H21N5OS/c30-24(21-15-26-16-31-21)29-11-8-18(9-12-29)22-20(17-5-2-1-3-6-17)14-27-23(28-22)19-7-4-10-25-13-19/h1-7,10,13-16,18H,8-9,11-12H2. The van der Waals surface area contributed by atoms with E-state index in [-0.39, 0.29) is 11.8 Å². The summed E-state index contributed by atoms with van der Waals surface area (Å²) in [4.78, 5) is 33.2. The quantitative estimate of drug-likeness (QED) is 0.473. The van der Waals surface area contributed by atoms with Gasteiger partial charge < -0.3 is 4.90 Å². The first kappa shape index (κ1) is 19.5. The van der Waals surface area contributed by atoms with Crippen molar-refractivity contribution in [1.82, 2.24) is 24.8 Å². The van der Waals surface area contributed by atoms with Crippen molar-refractivity contribution in [3.63, 3.8) is 0 Å². The van der Waals surface area contributed by atoms with Crippen molar-refractivity contribution in [2.75, 3.05) is 13.1 Å². The van der Waals surface area contributed by atoms with Gasteiger partial charge in [-0.05, 0) is 30.5 Å². The molecule has 7 heteroatoms. The number of hydrogen-bond acceptors (Lipinski definition) is 6. The maximum atomic E-state index is 12.7. The van der Waals surface area contributed by atoms with Gasteiger partial charge in [0.2, 0.25) is 0 Å². The molecule has 0 atom stereocenters. The number of carbonyl (C=O) groups excluding carboxylic acids is 1. The van der Waals surface area contributed by atoms with E-state index in [1.54, 1.807) is 24.1 Å². The third kappa shape index (κ3) is 4.09. The van der Waals surface area contributed by atoms with Crippen molar-refractivity contribution < 1.29 is 4.79 Å². The molecule has 4 heterocycles. The molecule has 0 bridgehead atoms. The molecule has 0 unspecified atom stereocenters. The maximum Gasteiger partial charge on any atom is 0.265 e. The molecule has 1 saturated heterocycles. The Balaban J connectivity index is 1.45. The number of nitrogens with zero attached hydrogens (tertiary/aromatic N) is 5. The maximum absolute atomic E-state index is 12.7. The molecule has 4 aromatic rings. The Labute approximate surface area is 184 Å². The summed E-state index contributed by atoms with van der Waals surface area (Å²) in [6.07, 6.45) is 8.85. The van der Waals surface area contributed by atoms with Gasteiger partial charge in [-0.2, -0.15) is 0 Å². The number of benzene rings is 1. The van der Waals surface area contributed by atoms with Crippen molar-refractivity contribution in [3.05, 3.63) is 83.3 Å². The number of amides is 1. The van der Waals surface area contributed by atoms with Gasteiger partial charge in [-0.25, -0.2) is 9.97 Å². The van der Waals surface area contributed by atoms with Crippen LogP contribution in [0.3, 0.4) is 0 Å². The van der Waals surface area contributed by atoms with Gasteiger partial charge in [0, 0.05) is 48.7 Å². The van der Waals surface area contributed by atoms with Gasteiger partial charge in [0.15, 0.2) is 5.82 Å². The molecule has 1 aliphatic rings. The van der Waals surface area contributed by atoms with Crippen molar-refractivity contribution in [3.8, 4) is 22.5 Å². The predicted octanol–water partition coefficient (Wildman–Crippen LogP) is 4.68. The number of rotatable bonds is 4. The summed E-state index contributed by atoms with van der Waals surface area (Å²) in [5, 5.41) is 0. The molecule has 0 radical (unpaired) electrons. The van der Waals surface area contributed by atoms with Gasteiger partial charge in [0.05, 0.1) is 17.4 Å². The Hall–Kier alpha value is -3.45. The van der Waals surface area contributed by atoms with E-state index in [0.29, 0.717) is 23.8 Å². The van der Waals surface area contributed by atoms with E-state index in [1.165, 1.54) is 11.3 Å². The number of hydrogen-bond donors (Lipinski definition) is 0. The third-order valence-corrected chi connectivity index (χ3v) is 6.40. The normalized spacial score (nSPS) is 14.5. The van der Waals surface area contributed by atoms with Crippen LogP contribution >= 0.6 is 11.3 Å². The molecule has 31 heavy (non-hydrogen) atoms. The average Bonchev–Trinajstić information content (AvgIpc) is 3.40. The van der Waals surface area contributed by atoms with E-state index in [1.807, 2.05) is 41.4 Å². The molecule has 154 valence electrons. The fourth-order valence-electron chi connectivity index (χ4n) is 4.01. The zero-order chi connectivity index (χ0) is 21.0. The number of pyridine rings is 1. The van der Waals surface area contributed by atoms with E-state index >= 15 is 0 Å². The van der Waals surface area contributed by atoms with Crippen LogP contribution in [0.25, 0.3) is 22.5 Å². The fourth-order valence-corrected chi connectivity index (χ4v) is 4.60. The minimum absolute atomic E-state index is 0.0722. The first-order valence-electron chi connectivity index (χ1n) is 10.3. The minimum atomic E-state index is 0.0722. The lowest BCUT2D eigenvalue weighted by atomic mass is 9.88. The van der Waals surface area contributed by atoms with Crippen LogP contribution in [0.15, 0.2) is 72.8 Å². The van der Waals surface area contributed by atoms with Gasteiger partial charge in [-0.3, -0.25) is 14.8 Å². The molecule has 5 rings (SSSR count). The van der Waals surface area contributed by atoms with Crippen LogP contribution in [0, 0.1) is 0 Å². The van der Waals surface area contributed by atoms with E-state index < -0.39 is 0 Å². The Morgan fingerprint density at radius 2 is 1.74 bits per heavy atom. The van der Waals surface area contributed by atoms with E-state index in [2.05, 4.69) is 27.1 Å². The van der Waals surface area contributed by atoms with Crippen LogP contribution in [0.2, 0.25) is 0 Å². The number of likely N-dealkylation sites (tertiary alicyclic amines) is 1. The summed E-state index contributed by atoms with van der Waals surface area (Å²) in [7, 11) is 0. The first-order chi connectivity index (χ1) is 15.3. The SMILES string of the molecule is O=C(c1cncs1)N1CCC(c2nc(-c3cccnc3)ncc2-c2ccccc2)CC1. The smallest absolute Gasteiger partial charge is 0.265 e. The molecule has 0 spiro atoms. The van der Waals surface area contributed by atoms with Gasteiger partial charge >= 0.3 is 0 Å². The highest BCUT2D eigenvalue weighted by molar-refractivity contribution is 7.11. The second-order valence-electron chi connectivity index (χ2n) is 7.53. The molecule has 3 aromatic heterocycles. The minimum Gasteiger partial charge on any atom is -0.338 e. The molecule has 0 N–H and O–H groups in total. The van der Waals surface area contributed by atoms with E-state index in [0.717, 1.165) is 35.2 Å². The van der Waals surface area contributed by atoms with Gasteiger partial charge in [-0.15, -0.1) is 11.3 Å². The Morgan fingerprint density at radius 1 is 0.935 bits per heavy atom. The Bertz CT molecular complexity index is 1160. The van der Waals surface area contributed by atoms with Crippen LogP contribution in [0.5, 0.6) is 0 Å². The second-order valence-corrected chi connectivity index (χ2v) is 8.42. The Morgan fingerprint density at radius 3 is 2.45 bits per heavy atom. The molecule has 1 aliphatic heterocycles. The number of aromatic nitrogens is 4. The van der Waals surface area contributed by atoms with Crippen molar-refractivity contribution in [2.24, 2.45) is 0 Å². The Kier molecular flexibility index (Phi) is 5.50. The molecular weight excluding hydrogens is 406 g/mol. The molecule has 0 saturated carbocycles. The van der Waals surface area contributed by atoms with Crippen molar-refractivity contribution in [1.29, 1.82) is 0 Å². The van der Waals surface area contributed by atoms with Crippen molar-refractivity contribution >= 4 is 17.2 Å². The van der Waals surface area contributed by atoms with Crippen LogP contribution in [0.4, 0.5) is 0 Å². The van der Waals surface area contributed by atoms with Crippen LogP contribution in [0.1, 0.15) is 34.1 Å². The lowest BCUT2D eigenvalue weighted by molar-refractivity contribution is 0.0717. The highest BCUT2D eigenvalue weighted by Crippen LogP contribution is 2.35.